The lowest BCUT2D eigenvalue weighted by Crippen LogP contribution is -2.25. The van der Waals surface area contributed by atoms with Crippen LogP contribution in [0.2, 0.25) is 0 Å². The number of fused-ring (bicyclic) bond motifs is 1. The van der Waals surface area contributed by atoms with Crippen LogP contribution in [0.3, 0.4) is 0 Å². The van der Waals surface area contributed by atoms with E-state index in [1.807, 2.05) is 0 Å². The van der Waals surface area contributed by atoms with E-state index >= 15 is 0 Å². The zero-order valence-electron chi connectivity index (χ0n) is 14.5. The van der Waals surface area contributed by atoms with Crippen molar-refractivity contribution in [3.05, 3.63) is 6.33 Å². The van der Waals surface area contributed by atoms with Crippen molar-refractivity contribution in [2.75, 3.05) is 18.9 Å². The molecular weight excluding hydrogens is 479 g/mol. The fourth-order valence-corrected chi connectivity index (χ4v) is 4.91. The van der Waals surface area contributed by atoms with Gasteiger partial charge in [-0.2, -0.15) is 18.6 Å². The number of hydrogen-bond donors (Lipinski definition) is 7. The molecule has 0 fully saturated rings. The summed E-state index contributed by atoms with van der Waals surface area (Å²) in [6.07, 6.45) is -0.102. The van der Waals surface area contributed by atoms with Crippen molar-refractivity contribution in [2.24, 2.45) is 0 Å². The highest BCUT2D eigenvalue weighted by Gasteiger charge is 2.40. The minimum atomic E-state index is -5.66. The Morgan fingerprint density at radius 1 is 1.10 bits per heavy atom. The highest BCUT2D eigenvalue weighted by atomic mass is 31.3. The second kappa shape index (κ2) is 9.32. The first-order valence-electron chi connectivity index (χ1n) is 7.39. The van der Waals surface area contributed by atoms with Gasteiger partial charge in [-0.1, -0.05) is 0 Å². The molecule has 0 aliphatic rings. The monoisotopic (exact) mass is 495 g/mol. The summed E-state index contributed by atoms with van der Waals surface area (Å²) in [6, 6.07) is 0. The summed E-state index contributed by atoms with van der Waals surface area (Å²) in [5.74, 6) is -0.740. The molecule has 0 amide bonds. The molecule has 8 N–H and O–H groups in total. The zero-order valence-corrected chi connectivity index (χ0v) is 17.2. The lowest BCUT2D eigenvalue weighted by molar-refractivity contribution is -0.0478. The van der Waals surface area contributed by atoms with E-state index in [0.29, 0.717) is 0 Å². The van der Waals surface area contributed by atoms with Crippen molar-refractivity contribution in [1.82, 2.24) is 19.5 Å². The van der Waals surface area contributed by atoms with Crippen LogP contribution in [-0.4, -0.2) is 68.6 Å². The number of aliphatic hydroxyl groups is 1. The average Bonchev–Trinajstić information content (AvgIpc) is 2.94. The number of anilines is 1. The Morgan fingerprint density at radius 3 is 2.37 bits per heavy atom. The van der Waals surface area contributed by atoms with E-state index in [1.54, 1.807) is 0 Å². The fraction of sp³-hybridized carbons (Fsp3) is 0.444. The molecule has 2 aromatic rings. The molecular formula is C9H16N5O13P3. The molecule has 2 rings (SSSR count). The number of aromatic nitrogens is 4. The van der Waals surface area contributed by atoms with Crippen molar-refractivity contribution in [2.45, 2.75) is 12.8 Å². The fourth-order valence-electron chi connectivity index (χ4n) is 1.86. The molecule has 18 nitrogen and oxygen atoms in total. The smallest absolute Gasteiger partial charge is 0.490 e. The van der Waals surface area contributed by atoms with E-state index < -0.39 is 48.7 Å². The van der Waals surface area contributed by atoms with E-state index in [-0.39, 0.29) is 23.8 Å². The SMILES string of the molecule is Nc1nc(O)c2ncn(COC(CO)COP(=O)(O)OP(=O)(O)OP(=O)(O)O)c2n1. The first kappa shape index (κ1) is 24.7. The van der Waals surface area contributed by atoms with E-state index in [1.165, 1.54) is 10.9 Å². The molecule has 0 saturated carbocycles. The Morgan fingerprint density at radius 2 is 1.77 bits per heavy atom. The van der Waals surface area contributed by atoms with Gasteiger partial charge < -0.3 is 40.3 Å². The van der Waals surface area contributed by atoms with Crippen molar-refractivity contribution in [1.29, 1.82) is 0 Å². The van der Waals surface area contributed by atoms with Crippen LogP contribution >= 0.6 is 23.5 Å². The number of nitrogens with two attached hydrogens (primary N) is 1. The van der Waals surface area contributed by atoms with Crippen LogP contribution in [-0.2, 0) is 38.3 Å². The van der Waals surface area contributed by atoms with E-state index in [2.05, 4.69) is 28.1 Å². The van der Waals surface area contributed by atoms with Gasteiger partial charge in [-0.3, -0.25) is 9.09 Å². The Labute approximate surface area is 166 Å². The number of phosphoric ester groups is 1. The lowest BCUT2D eigenvalue weighted by Gasteiger charge is -2.19. The summed E-state index contributed by atoms with van der Waals surface area (Å²) in [6.45, 7) is -1.99. The van der Waals surface area contributed by atoms with E-state index in [4.69, 9.17) is 25.2 Å². The van der Waals surface area contributed by atoms with Gasteiger partial charge in [0.2, 0.25) is 11.8 Å². The van der Waals surface area contributed by atoms with Crippen LogP contribution in [0.4, 0.5) is 5.95 Å². The number of nitrogen functional groups attached to an aromatic ring is 1. The third-order valence-corrected chi connectivity index (χ3v) is 6.76. The average molecular weight is 495 g/mol. The quantitative estimate of drug-likeness (QED) is 0.180. The summed E-state index contributed by atoms with van der Waals surface area (Å²) >= 11 is 0. The first-order chi connectivity index (χ1) is 13.7. The third kappa shape index (κ3) is 7.31. The van der Waals surface area contributed by atoms with Crippen LogP contribution in [0, 0.1) is 0 Å². The largest absolute Gasteiger partial charge is 0.492 e. The Hall–Kier alpha value is -1.52. The molecule has 21 heteroatoms. The van der Waals surface area contributed by atoms with Crippen molar-refractivity contribution >= 4 is 40.6 Å². The molecule has 0 aromatic carbocycles. The van der Waals surface area contributed by atoms with Gasteiger partial charge in [-0.25, -0.2) is 18.7 Å². The maximum Gasteiger partial charge on any atom is 0.490 e. The number of imidazole rings is 1. The van der Waals surface area contributed by atoms with Crippen LogP contribution < -0.4 is 5.73 Å². The maximum atomic E-state index is 11.7. The van der Waals surface area contributed by atoms with Gasteiger partial charge in [-0.05, 0) is 0 Å². The third-order valence-electron chi connectivity index (χ3n) is 2.96. The molecule has 2 heterocycles. The van der Waals surface area contributed by atoms with Crippen LogP contribution in [0.1, 0.15) is 0 Å². The Bertz CT molecular complexity index is 1040. The second-order valence-electron chi connectivity index (χ2n) is 5.28. The molecule has 3 unspecified atom stereocenters. The number of aromatic hydroxyl groups is 1. The summed E-state index contributed by atoms with van der Waals surface area (Å²) < 4.78 is 51.4. The van der Waals surface area contributed by atoms with Crippen LogP contribution in [0.25, 0.3) is 11.2 Å². The number of nitrogens with zero attached hydrogens (tertiary/aromatic N) is 4. The highest BCUT2D eigenvalue weighted by molar-refractivity contribution is 7.66. The molecule has 0 bridgehead atoms. The van der Waals surface area contributed by atoms with Gasteiger partial charge in [0.1, 0.15) is 12.8 Å². The zero-order chi connectivity index (χ0) is 22.7. The number of phosphoric acid groups is 3. The lowest BCUT2D eigenvalue weighted by atomic mass is 10.4. The van der Waals surface area contributed by atoms with Crippen LogP contribution in [0.15, 0.2) is 6.33 Å². The first-order valence-corrected chi connectivity index (χ1v) is 11.9. The Balaban J connectivity index is 1.97. The molecule has 0 aliphatic heterocycles. The van der Waals surface area contributed by atoms with Gasteiger partial charge >= 0.3 is 23.5 Å². The predicted molar refractivity (Wildman–Crippen MR) is 93.2 cm³/mol. The van der Waals surface area contributed by atoms with Gasteiger partial charge in [0.15, 0.2) is 11.2 Å². The number of ether oxygens (including phenoxy) is 1. The molecule has 2 aromatic heterocycles. The number of aliphatic hydroxyl groups excluding tert-OH is 1. The van der Waals surface area contributed by atoms with Gasteiger partial charge in [0, 0.05) is 0 Å². The number of rotatable bonds is 11. The second-order valence-corrected chi connectivity index (χ2v) is 9.70. The summed E-state index contributed by atoms with van der Waals surface area (Å²) in [4.78, 5) is 46.5. The standard InChI is InChI=1S/C9H16N5O13P3/c10-9-12-7-6(8(16)13-9)11-3-14(7)4-24-5(1-15)2-25-29(20,21)27-30(22,23)26-28(17,18)19/h3,5,15H,1-2,4H2,(H,20,21)(H,22,23)(H2,17,18,19)(H3,10,12,13,16). The van der Waals surface area contributed by atoms with Gasteiger partial charge in [0.05, 0.1) is 19.5 Å². The molecule has 0 radical (unpaired) electrons. The minimum absolute atomic E-state index is 0.00149. The topological polar surface area (TPSA) is 279 Å². The summed E-state index contributed by atoms with van der Waals surface area (Å²) in [7, 11) is -16.5. The van der Waals surface area contributed by atoms with Crippen molar-refractivity contribution < 1.29 is 61.4 Å². The highest BCUT2D eigenvalue weighted by Crippen LogP contribution is 2.66. The summed E-state index contributed by atoms with van der Waals surface area (Å²) in [5.41, 5.74) is 5.50. The summed E-state index contributed by atoms with van der Waals surface area (Å²) in [5, 5.41) is 18.9. The maximum absolute atomic E-state index is 11.7. The normalized spacial score (nSPS) is 17.5. The van der Waals surface area contributed by atoms with Crippen LogP contribution in [0.5, 0.6) is 5.88 Å². The molecule has 0 spiro atoms. The number of hydrogen-bond acceptors (Lipinski definition) is 13. The van der Waals surface area contributed by atoms with Gasteiger partial charge in [0.25, 0.3) is 0 Å². The van der Waals surface area contributed by atoms with Crippen molar-refractivity contribution in [3.8, 4) is 5.88 Å². The Kier molecular flexibility index (Phi) is 7.68. The molecule has 0 aliphatic carbocycles. The van der Waals surface area contributed by atoms with Gasteiger partial charge in [-0.15, -0.1) is 0 Å². The van der Waals surface area contributed by atoms with E-state index in [9.17, 15) is 28.8 Å². The van der Waals surface area contributed by atoms with Crippen molar-refractivity contribution in [3.63, 3.8) is 0 Å². The molecule has 3 atom stereocenters. The minimum Gasteiger partial charge on any atom is -0.492 e. The van der Waals surface area contributed by atoms with E-state index in [0.717, 1.165) is 0 Å². The molecule has 0 saturated heterocycles. The predicted octanol–water partition coefficient (Wildman–Crippen LogP) is -1.21. The molecule has 30 heavy (non-hydrogen) atoms. The molecule has 170 valence electrons.